The monoisotopic (exact) mass is 594 g/mol. The highest BCUT2D eigenvalue weighted by Crippen LogP contribution is 2.30. The maximum absolute atomic E-state index is 13.5. The fourth-order valence-corrected chi connectivity index (χ4v) is 5.31. The lowest BCUT2D eigenvalue weighted by Gasteiger charge is -2.24. The number of benzene rings is 3. The van der Waals surface area contributed by atoms with Gasteiger partial charge in [-0.15, -0.1) is 0 Å². The van der Waals surface area contributed by atoms with Gasteiger partial charge in [0.25, 0.3) is 21.8 Å². The number of hydrazone groups is 1. The summed E-state index contributed by atoms with van der Waals surface area (Å²) in [5.41, 5.74) is 4.05. The maximum atomic E-state index is 13.5. The van der Waals surface area contributed by atoms with Gasteiger partial charge in [-0.3, -0.25) is 13.9 Å². The Balaban J connectivity index is 1.34. The van der Waals surface area contributed by atoms with E-state index in [1.807, 2.05) is 6.92 Å². The van der Waals surface area contributed by atoms with E-state index >= 15 is 0 Å². The Bertz CT molecular complexity index is 1610. The molecular weight excluding hydrogens is 568 g/mol. The summed E-state index contributed by atoms with van der Waals surface area (Å²) in [5.74, 6) is 0.136. The van der Waals surface area contributed by atoms with Gasteiger partial charge in [-0.25, -0.2) is 13.8 Å². The molecule has 1 aromatic heterocycles. The highest BCUT2D eigenvalue weighted by Gasteiger charge is 2.28. The molecular formula is C29H27ClN4O6S. The van der Waals surface area contributed by atoms with Crippen LogP contribution in [0.5, 0.6) is 5.75 Å². The molecule has 0 unspecified atom stereocenters. The molecule has 0 fully saturated rings. The van der Waals surface area contributed by atoms with E-state index in [1.54, 1.807) is 66.7 Å². The molecule has 4 aromatic rings. The predicted molar refractivity (Wildman–Crippen MR) is 155 cm³/mol. The Labute approximate surface area is 242 Å². The number of furan rings is 1. The Morgan fingerprint density at radius 2 is 1.71 bits per heavy atom. The number of aryl methyl sites for hydroxylation is 1. The topological polar surface area (TPSA) is 130 Å². The molecule has 4 rings (SSSR count). The second kappa shape index (κ2) is 13.6. The van der Waals surface area contributed by atoms with Crippen molar-refractivity contribution in [1.29, 1.82) is 0 Å². The Morgan fingerprint density at radius 3 is 2.39 bits per heavy atom. The van der Waals surface area contributed by atoms with Crippen molar-refractivity contribution in [2.45, 2.75) is 18.4 Å². The second-order valence-corrected chi connectivity index (χ2v) is 11.1. The first kappa shape index (κ1) is 29.4. The number of rotatable bonds is 12. The Morgan fingerprint density at radius 1 is 0.976 bits per heavy atom. The van der Waals surface area contributed by atoms with Crippen LogP contribution >= 0.6 is 11.6 Å². The van der Waals surface area contributed by atoms with Crippen LogP contribution in [0.4, 0.5) is 5.69 Å². The van der Waals surface area contributed by atoms with Crippen LogP contribution in [0.15, 0.2) is 106 Å². The molecule has 10 nitrogen and oxygen atoms in total. The number of sulfonamides is 1. The third-order valence-corrected chi connectivity index (χ3v) is 7.80. The number of carbonyl (C=O) groups excluding carboxylic acids is 2. The Hall–Kier alpha value is -4.61. The van der Waals surface area contributed by atoms with Crippen LogP contribution in [0.3, 0.4) is 0 Å². The summed E-state index contributed by atoms with van der Waals surface area (Å²) < 4.78 is 38.5. The van der Waals surface area contributed by atoms with Gasteiger partial charge in [0.05, 0.1) is 34.6 Å². The molecule has 3 aromatic carbocycles. The van der Waals surface area contributed by atoms with Crippen LogP contribution in [-0.4, -0.2) is 39.6 Å². The number of para-hydroxylation sites is 1. The number of carbonyl (C=O) groups is 2. The summed E-state index contributed by atoms with van der Waals surface area (Å²) in [4.78, 5) is 24.7. The summed E-state index contributed by atoms with van der Waals surface area (Å²) in [6.45, 7) is 1.39. The molecule has 12 heteroatoms. The molecule has 41 heavy (non-hydrogen) atoms. The minimum Gasteiger partial charge on any atom is -0.484 e. The number of nitrogens with zero attached hydrogens (tertiary/aromatic N) is 2. The summed E-state index contributed by atoms with van der Waals surface area (Å²) >= 11 is 6.29. The van der Waals surface area contributed by atoms with Crippen molar-refractivity contribution in [3.05, 3.63) is 113 Å². The highest BCUT2D eigenvalue weighted by molar-refractivity contribution is 7.92. The average molecular weight is 595 g/mol. The first-order chi connectivity index (χ1) is 19.7. The zero-order chi connectivity index (χ0) is 29.2. The molecule has 0 atom stereocenters. The molecule has 1 heterocycles. The van der Waals surface area contributed by atoms with E-state index in [2.05, 4.69) is 15.8 Å². The number of halogens is 1. The van der Waals surface area contributed by atoms with Crippen LogP contribution in [0.1, 0.15) is 16.9 Å². The first-order valence-electron chi connectivity index (χ1n) is 12.4. The lowest BCUT2D eigenvalue weighted by atomic mass is 10.2. The van der Waals surface area contributed by atoms with Crippen molar-refractivity contribution in [1.82, 2.24) is 10.7 Å². The van der Waals surface area contributed by atoms with Crippen molar-refractivity contribution in [2.75, 3.05) is 17.5 Å². The lowest BCUT2D eigenvalue weighted by Crippen LogP contribution is -2.39. The normalized spacial score (nSPS) is 11.3. The summed E-state index contributed by atoms with van der Waals surface area (Å²) in [7, 11) is -4.11. The van der Waals surface area contributed by atoms with E-state index in [0.29, 0.717) is 17.1 Å². The van der Waals surface area contributed by atoms with Crippen molar-refractivity contribution in [2.24, 2.45) is 5.10 Å². The van der Waals surface area contributed by atoms with Crippen LogP contribution in [-0.2, 0) is 26.2 Å². The molecule has 2 amide bonds. The van der Waals surface area contributed by atoms with E-state index in [0.717, 1.165) is 9.87 Å². The summed E-state index contributed by atoms with van der Waals surface area (Å²) in [6, 6.07) is 22.8. The van der Waals surface area contributed by atoms with Crippen molar-refractivity contribution >= 4 is 45.3 Å². The molecule has 0 bridgehead atoms. The molecule has 0 saturated heterocycles. The standard InChI is InChI=1S/C29H27ClN4O6S/c1-21-8-14-25(15-9-21)41(37,38)34(27-7-3-2-6-26(27)30)19-28(35)33-32-17-22-10-12-23(13-11-22)40-20-29(36)31-18-24-5-4-16-39-24/h2-17H,18-20H2,1H3,(H,31,36)(H,33,35)/b32-17-. The van der Waals surface area contributed by atoms with E-state index in [4.69, 9.17) is 20.8 Å². The van der Waals surface area contributed by atoms with E-state index in [9.17, 15) is 18.0 Å². The molecule has 0 radical (unpaired) electrons. The molecule has 0 spiro atoms. The van der Waals surface area contributed by atoms with Crippen LogP contribution in [0, 0.1) is 6.92 Å². The van der Waals surface area contributed by atoms with Gasteiger partial charge in [0.1, 0.15) is 18.1 Å². The van der Waals surface area contributed by atoms with Crippen molar-refractivity contribution < 1.29 is 27.2 Å². The fraction of sp³-hybridized carbons (Fsp3) is 0.138. The van der Waals surface area contributed by atoms with Gasteiger partial charge in [0.2, 0.25) is 0 Å². The summed E-state index contributed by atoms with van der Waals surface area (Å²) in [6.07, 6.45) is 2.92. The van der Waals surface area contributed by atoms with Gasteiger partial charge >= 0.3 is 0 Å². The van der Waals surface area contributed by atoms with Gasteiger partial charge < -0.3 is 14.5 Å². The number of hydrogen-bond acceptors (Lipinski definition) is 7. The SMILES string of the molecule is Cc1ccc(S(=O)(=O)N(CC(=O)N/N=C\c2ccc(OCC(=O)NCc3ccco3)cc2)c2ccccc2Cl)cc1. The maximum Gasteiger partial charge on any atom is 0.264 e. The van der Waals surface area contributed by atoms with E-state index in [1.165, 1.54) is 30.7 Å². The predicted octanol–water partition coefficient (Wildman–Crippen LogP) is 4.28. The zero-order valence-electron chi connectivity index (χ0n) is 22.0. The largest absolute Gasteiger partial charge is 0.484 e. The van der Waals surface area contributed by atoms with Crippen molar-refractivity contribution in [3.63, 3.8) is 0 Å². The number of anilines is 1. The number of hydrogen-bond donors (Lipinski definition) is 2. The number of amides is 2. The Kier molecular flexibility index (Phi) is 9.77. The van der Waals surface area contributed by atoms with Gasteiger partial charge in [0.15, 0.2) is 6.61 Å². The molecule has 0 aliphatic rings. The van der Waals surface area contributed by atoms with Crippen molar-refractivity contribution in [3.8, 4) is 5.75 Å². The average Bonchev–Trinajstić information content (AvgIpc) is 3.49. The zero-order valence-corrected chi connectivity index (χ0v) is 23.6. The molecule has 2 N–H and O–H groups in total. The quantitative estimate of drug-likeness (QED) is 0.186. The summed E-state index contributed by atoms with van der Waals surface area (Å²) in [5, 5.41) is 6.80. The van der Waals surface area contributed by atoms with Gasteiger partial charge in [0, 0.05) is 0 Å². The number of ether oxygens (including phenoxy) is 1. The van der Waals surface area contributed by atoms with E-state index < -0.39 is 22.5 Å². The minimum atomic E-state index is -4.11. The molecule has 212 valence electrons. The second-order valence-electron chi connectivity index (χ2n) is 8.78. The third kappa shape index (κ3) is 8.19. The molecule has 0 aliphatic carbocycles. The van der Waals surface area contributed by atoms with Crippen LogP contribution < -0.4 is 19.8 Å². The van der Waals surface area contributed by atoms with Crippen LogP contribution in [0.2, 0.25) is 5.02 Å². The van der Waals surface area contributed by atoms with Gasteiger partial charge in [-0.05, 0) is 73.2 Å². The minimum absolute atomic E-state index is 0.0247. The third-order valence-electron chi connectivity index (χ3n) is 5.71. The van der Waals surface area contributed by atoms with E-state index in [-0.39, 0.29) is 34.7 Å². The van der Waals surface area contributed by atoms with Crippen LogP contribution in [0.25, 0.3) is 0 Å². The first-order valence-corrected chi connectivity index (χ1v) is 14.2. The lowest BCUT2D eigenvalue weighted by molar-refractivity contribution is -0.123. The van der Waals surface area contributed by atoms with Gasteiger partial charge in [-0.1, -0.05) is 41.4 Å². The molecule has 0 aliphatic heterocycles. The highest BCUT2D eigenvalue weighted by atomic mass is 35.5. The number of nitrogens with one attached hydrogen (secondary N) is 2. The smallest absolute Gasteiger partial charge is 0.264 e. The van der Waals surface area contributed by atoms with Gasteiger partial charge in [-0.2, -0.15) is 5.10 Å². The fourth-order valence-electron chi connectivity index (χ4n) is 3.58. The molecule has 0 saturated carbocycles.